The first-order chi connectivity index (χ1) is 8.16. The van der Waals surface area contributed by atoms with Gasteiger partial charge in [-0.05, 0) is 30.4 Å². The number of nitrogens with one attached hydrogen (secondary N) is 1. The first-order valence-corrected chi connectivity index (χ1v) is 5.59. The number of hydrogen-bond donors (Lipinski definition) is 1. The van der Waals surface area contributed by atoms with Gasteiger partial charge in [0.05, 0.1) is 5.02 Å². The summed E-state index contributed by atoms with van der Waals surface area (Å²) >= 11 is 11.7. The Morgan fingerprint density at radius 1 is 1.35 bits per heavy atom. The van der Waals surface area contributed by atoms with Crippen LogP contribution in [0.4, 0.5) is 0 Å². The Balaban J connectivity index is 2.20. The number of allylic oxidation sites excluding steroid dienone is 1. The molecule has 0 bridgehead atoms. The van der Waals surface area contributed by atoms with Gasteiger partial charge in [-0.1, -0.05) is 23.2 Å². The van der Waals surface area contributed by atoms with Crippen molar-refractivity contribution >= 4 is 35.1 Å². The minimum absolute atomic E-state index is 0.192. The first-order valence-electron chi connectivity index (χ1n) is 4.83. The Morgan fingerprint density at radius 3 is 2.82 bits per heavy atom. The number of aromatic amines is 1. The van der Waals surface area contributed by atoms with Crippen LogP contribution in [-0.2, 0) is 0 Å². The van der Waals surface area contributed by atoms with Crippen molar-refractivity contribution in [3.8, 4) is 0 Å². The molecular formula is C12H8Cl2N2O. The lowest BCUT2D eigenvalue weighted by molar-refractivity contribution is 0.104. The zero-order valence-electron chi connectivity index (χ0n) is 8.65. The molecule has 0 aliphatic carbocycles. The van der Waals surface area contributed by atoms with Gasteiger partial charge >= 0.3 is 0 Å². The number of rotatable bonds is 3. The quantitative estimate of drug-likeness (QED) is 0.682. The molecule has 86 valence electrons. The second-order valence-electron chi connectivity index (χ2n) is 3.30. The number of benzene rings is 1. The summed E-state index contributed by atoms with van der Waals surface area (Å²) in [5.74, 6) is 0.423. The molecule has 2 rings (SSSR count). The smallest absolute Gasteiger partial charge is 0.187 e. The number of hydrogen-bond acceptors (Lipinski definition) is 2. The van der Waals surface area contributed by atoms with E-state index in [0.717, 1.165) is 0 Å². The van der Waals surface area contributed by atoms with Crippen molar-refractivity contribution in [2.75, 3.05) is 0 Å². The Kier molecular flexibility index (Phi) is 3.61. The molecule has 1 aromatic heterocycles. The third-order valence-electron chi connectivity index (χ3n) is 2.11. The third-order valence-corrected chi connectivity index (χ3v) is 2.66. The minimum atomic E-state index is -0.192. The van der Waals surface area contributed by atoms with E-state index in [9.17, 15) is 4.79 Å². The fraction of sp³-hybridized carbons (Fsp3) is 0. The van der Waals surface area contributed by atoms with E-state index in [2.05, 4.69) is 9.97 Å². The van der Waals surface area contributed by atoms with Gasteiger partial charge in [-0.3, -0.25) is 4.79 Å². The highest BCUT2D eigenvalue weighted by Gasteiger charge is 2.07. The van der Waals surface area contributed by atoms with Crippen molar-refractivity contribution in [1.82, 2.24) is 9.97 Å². The maximum absolute atomic E-state index is 11.8. The average Bonchev–Trinajstić information content (AvgIpc) is 2.78. The van der Waals surface area contributed by atoms with E-state index in [1.54, 1.807) is 30.6 Å². The molecule has 0 amide bonds. The van der Waals surface area contributed by atoms with E-state index < -0.39 is 0 Å². The van der Waals surface area contributed by atoms with Gasteiger partial charge < -0.3 is 4.98 Å². The lowest BCUT2D eigenvalue weighted by atomic mass is 10.1. The fourth-order valence-corrected chi connectivity index (χ4v) is 1.80. The number of halogens is 2. The van der Waals surface area contributed by atoms with Crippen LogP contribution in [0.25, 0.3) is 6.08 Å². The summed E-state index contributed by atoms with van der Waals surface area (Å²) in [4.78, 5) is 18.6. The number of imidazole rings is 1. The standard InChI is InChI=1S/C12H8Cl2N2O/c13-8-1-2-9(10(14)7-8)11(17)3-4-12-15-5-6-16-12/h1-7H,(H,15,16)/b4-3+. The van der Waals surface area contributed by atoms with Crippen LogP contribution in [0.3, 0.4) is 0 Å². The zero-order chi connectivity index (χ0) is 12.3. The van der Waals surface area contributed by atoms with E-state index in [0.29, 0.717) is 21.4 Å². The summed E-state index contributed by atoms with van der Waals surface area (Å²) in [5.41, 5.74) is 0.416. The molecule has 1 N–H and O–H groups in total. The van der Waals surface area contributed by atoms with Gasteiger partial charge in [0.1, 0.15) is 5.82 Å². The summed E-state index contributed by atoms with van der Waals surface area (Å²) in [6, 6.07) is 4.76. The molecule has 5 heteroatoms. The number of aromatic nitrogens is 2. The summed E-state index contributed by atoms with van der Waals surface area (Å²) in [5, 5.41) is 0.841. The average molecular weight is 267 g/mol. The SMILES string of the molecule is O=C(/C=C/c1ncc[nH]1)c1ccc(Cl)cc1Cl. The lowest BCUT2D eigenvalue weighted by Gasteiger charge is -1.99. The van der Waals surface area contributed by atoms with Crippen LogP contribution in [0.2, 0.25) is 10.0 Å². The van der Waals surface area contributed by atoms with E-state index >= 15 is 0 Å². The highest BCUT2D eigenvalue weighted by Crippen LogP contribution is 2.21. The number of carbonyl (C=O) groups excluding carboxylic acids is 1. The Hall–Kier alpha value is -1.58. The summed E-state index contributed by atoms with van der Waals surface area (Å²) < 4.78 is 0. The number of ketones is 1. The van der Waals surface area contributed by atoms with Crippen molar-refractivity contribution in [2.45, 2.75) is 0 Å². The van der Waals surface area contributed by atoms with Gasteiger partial charge in [-0.15, -0.1) is 0 Å². The zero-order valence-corrected chi connectivity index (χ0v) is 10.2. The molecule has 0 aliphatic heterocycles. The van der Waals surface area contributed by atoms with Crippen LogP contribution in [0.15, 0.2) is 36.7 Å². The topological polar surface area (TPSA) is 45.8 Å². The summed E-state index contributed by atoms with van der Waals surface area (Å²) in [6.45, 7) is 0. The number of H-pyrrole nitrogens is 1. The Bertz CT molecular complexity index is 562. The molecular weight excluding hydrogens is 259 g/mol. The van der Waals surface area contributed by atoms with Crippen molar-refractivity contribution in [2.24, 2.45) is 0 Å². The van der Waals surface area contributed by atoms with Gasteiger partial charge in [0.15, 0.2) is 5.78 Å². The van der Waals surface area contributed by atoms with Crippen molar-refractivity contribution in [3.05, 3.63) is 58.1 Å². The van der Waals surface area contributed by atoms with Crippen molar-refractivity contribution in [1.29, 1.82) is 0 Å². The normalized spacial score (nSPS) is 10.9. The second kappa shape index (κ2) is 5.17. The van der Waals surface area contributed by atoms with Crippen LogP contribution < -0.4 is 0 Å². The largest absolute Gasteiger partial charge is 0.345 e. The minimum Gasteiger partial charge on any atom is -0.345 e. The van der Waals surface area contributed by atoms with Gasteiger partial charge in [-0.2, -0.15) is 0 Å². The molecule has 0 radical (unpaired) electrons. The molecule has 1 heterocycles. The highest BCUT2D eigenvalue weighted by atomic mass is 35.5. The molecule has 0 spiro atoms. The van der Waals surface area contributed by atoms with Crippen LogP contribution in [0, 0.1) is 0 Å². The van der Waals surface area contributed by atoms with E-state index in [1.165, 1.54) is 12.1 Å². The Morgan fingerprint density at radius 2 is 2.18 bits per heavy atom. The maximum Gasteiger partial charge on any atom is 0.187 e. The fourth-order valence-electron chi connectivity index (χ4n) is 1.30. The van der Waals surface area contributed by atoms with Crippen LogP contribution in [0.5, 0.6) is 0 Å². The monoisotopic (exact) mass is 266 g/mol. The van der Waals surface area contributed by atoms with Crippen molar-refractivity contribution < 1.29 is 4.79 Å². The van der Waals surface area contributed by atoms with Crippen LogP contribution >= 0.6 is 23.2 Å². The lowest BCUT2D eigenvalue weighted by Crippen LogP contribution is -1.95. The van der Waals surface area contributed by atoms with Crippen molar-refractivity contribution in [3.63, 3.8) is 0 Å². The highest BCUT2D eigenvalue weighted by molar-refractivity contribution is 6.37. The predicted octanol–water partition coefficient (Wildman–Crippen LogP) is 3.61. The summed E-state index contributed by atoms with van der Waals surface area (Å²) in [7, 11) is 0. The molecule has 0 saturated carbocycles. The summed E-state index contributed by atoms with van der Waals surface area (Å²) in [6.07, 6.45) is 6.29. The van der Waals surface area contributed by atoms with Gasteiger partial charge in [-0.25, -0.2) is 4.98 Å². The molecule has 1 aromatic carbocycles. The van der Waals surface area contributed by atoms with E-state index in [1.807, 2.05) is 0 Å². The van der Waals surface area contributed by atoms with Gasteiger partial charge in [0, 0.05) is 23.0 Å². The molecule has 2 aromatic rings. The predicted molar refractivity (Wildman–Crippen MR) is 68.4 cm³/mol. The molecule has 17 heavy (non-hydrogen) atoms. The van der Waals surface area contributed by atoms with E-state index in [-0.39, 0.29) is 5.78 Å². The van der Waals surface area contributed by atoms with Gasteiger partial charge in [0.25, 0.3) is 0 Å². The molecule has 0 saturated heterocycles. The third kappa shape index (κ3) is 2.96. The van der Waals surface area contributed by atoms with Crippen LogP contribution in [0.1, 0.15) is 16.2 Å². The molecule has 3 nitrogen and oxygen atoms in total. The molecule has 0 atom stereocenters. The molecule has 0 unspecified atom stereocenters. The van der Waals surface area contributed by atoms with Crippen LogP contribution in [-0.4, -0.2) is 15.8 Å². The number of carbonyl (C=O) groups is 1. The maximum atomic E-state index is 11.8. The number of nitrogens with zero attached hydrogens (tertiary/aromatic N) is 1. The van der Waals surface area contributed by atoms with Gasteiger partial charge in [0.2, 0.25) is 0 Å². The van der Waals surface area contributed by atoms with E-state index in [4.69, 9.17) is 23.2 Å². The molecule has 0 aliphatic rings. The molecule has 0 fully saturated rings. The Labute approximate surface area is 108 Å². The first kappa shape index (κ1) is 11.9. The second-order valence-corrected chi connectivity index (χ2v) is 4.14.